The maximum atomic E-state index is 12.7. The molecule has 3 aromatic heterocycles. The lowest BCUT2D eigenvalue weighted by molar-refractivity contribution is 0.382. The summed E-state index contributed by atoms with van der Waals surface area (Å²) in [7, 11) is -1.82. The van der Waals surface area contributed by atoms with E-state index in [2.05, 4.69) is 20.1 Å². The van der Waals surface area contributed by atoms with Crippen molar-refractivity contribution in [3.05, 3.63) is 42.9 Å². The van der Waals surface area contributed by atoms with Crippen molar-refractivity contribution in [2.75, 3.05) is 31.1 Å². The highest BCUT2D eigenvalue weighted by atomic mass is 32.2. The molecular formula is C16H20N8O2S. The Bertz CT molecular complexity index is 1050. The smallest absolute Gasteiger partial charge is 0.262 e. The first-order valence-electron chi connectivity index (χ1n) is 8.51. The first kappa shape index (κ1) is 17.6. The number of sulfonamides is 1. The fourth-order valence-electron chi connectivity index (χ4n) is 2.99. The van der Waals surface area contributed by atoms with Gasteiger partial charge < -0.3 is 9.47 Å². The molecule has 0 N–H and O–H groups in total. The molecule has 0 aromatic carbocycles. The van der Waals surface area contributed by atoms with Crippen LogP contribution in [-0.4, -0.2) is 68.2 Å². The molecule has 0 radical (unpaired) electrons. The molecule has 10 nitrogen and oxygen atoms in total. The number of hydrogen-bond acceptors (Lipinski definition) is 7. The van der Waals surface area contributed by atoms with Gasteiger partial charge in [0.25, 0.3) is 10.0 Å². The van der Waals surface area contributed by atoms with Crippen LogP contribution >= 0.6 is 0 Å². The molecule has 3 aromatic rings. The number of imidazole rings is 1. The van der Waals surface area contributed by atoms with E-state index >= 15 is 0 Å². The molecule has 0 atom stereocenters. The Labute approximate surface area is 157 Å². The Morgan fingerprint density at radius 3 is 2.41 bits per heavy atom. The lowest BCUT2D eigenvalue weighted by Gasteiger charge is -2.34. The van der Waals surface area contributed by atoms with Crippen LogP contribution in [0, 0.1) is 6.92 Å². The van der Waals surface area contributed by atoms with Crippen molar-refractivity contribution in [1.29, 1.82) is 0 Å². The Morgan fingerprint density at radius 1 is 1.04 bits per heavy atom. The van der Waals surface area contributed by atoms with Gasteiger partial charge in [0.1, 0.15) is 12.1 Å². The largest absolute Gasteiger partial charge is 0.354 e. The van der Waals surface area contributed by atoms with E-state index in [0.717, 1.165) is 11.5 Å². The Kier molecular flexibility index (Phi) is 4.40. The minimum atomic E-state index is -3.57. The molecule has 4 rings (SSSR count). The van der Waals surface area contributed by atoms with Crippen molar-refractivity contribution < 1.29 is 8.42 Å². The topological polar surface area (TPSA) is 102 Å². The maximum absolute atomic E-state index is 12.7. The molecule has 0 bridgehead atoms. The highest BCUT2D eigenvalue weighted by Crippen LogP contribution is 2.19. The Hall–Kier alpha value is -2.79. The number of aromatic nitrogens is 6. The monoisotopic (exact) mass is 388 g/mol. The van der Waals surface area contributed by atoms with E-state index in [1.54, 1.807) is 16.3 Å². The fraction of sp³-hybridized carbons (Fsp3) is 0.375. The van der Waals surface area contributed by atoms with Crippen molar-refractivity contribution in [3.8, 4) is 5.82 Å². The summed E-state index contributed by atoms with van der Waals surface area (Å²) >= 11 is 0. The molecule has 0 aliphatic carbocycles. The van der Waals surface area contributed by atoms with Crippen LogP contribution in [0.25, 0.3) is 5.82 Å². The van der Waals surface area contributed by atoms with Gasteiger partial charge in [-0.25, -0.2) is 28.1 Å². The number of anilines is 1. The molecule has 0 spiro atoms. The average Bonchev–Trinajstić information content (AvgIpc) is 3.31. The third-order valence-corrected chi connectivity index (χ3v) is 6.23. The van der Waals surface area contributed by atoms with Crippen LogP contribution < -0.4 is 4.90 Å². The van der Waals surface area contributed by atoms with Gasteiger partial charge in [-0.3, -0.25) is 0 Å². The minimum absolute atomic E-state index is 0.0804. The normalized spacial score (nSPS) is 16.0. The van der Waals surface area contributed by atoms with Crippen molar-refractivity contribution in [1.82, 2.24) is 33.6 Å². The highest BCUT2D eigenvalue weighted by Gasteiger charge is 2.30. The van der Waals surface area contributed by atoms with E-state index in [0.29, 0.717) is 32.0 Å². The van der Waals surface area contributed by atoms with Gasteiger partial charge in [0.2, 0.25) is 0 Å². The molecule has 142 valence electrons. The zero-order valence-corrected chi connectivity index (χ0v) is 15.9. The second kappa shape index (κ2) is 6.74. The molecular weight excluding hydrogens is 368 g/mol. The highest BCUT2D eigenvalue weighted by molar-refractivity contribution is 7.89. The lowest BCUT2D eigenvalue weighted by Crippen LogP contribution is -2.49. The van der Waals surface area contributed by atoms with E-state index in [4.69, 9.17) is 0 Å². The van der Waals surface area contributed by atoms with Crippen LogP contribution in [0.5, 0.6) is 0 Å². The summed E-state index contributed by atoms with van der Waals surface area (Å²) in [5.74, 6) is 1.43. The van der Waals surface area contributed by atoms with E-state index in [-0.39, 0.29) is 5.03 Å². The van der Waals surface area contributed by atoms with Gasteiger partial charge in [-0.15, -0.1) is 0 Å². The van der Waals surface area contributed by atoms with Crippen LogP contribution in [0.1, 0.15) is 5.69 Å². The second-order valence-electron chi connectivity index (χ2n) is 6.40. The predicted octanol–water partition coefficient (Wildman–Crippen LogP) is 0.215. The number of hydrogen-bond donors (Lipinski definition) is 0. The third-order valence-electron chi connectivity index (χ3n) is 4.44. The molecule has 1 aliphatic heterocycles. The van der Waals surface area contributed by atoms with Crippen molar-refractivity contribution in [2.45, 2.75) is 11.9 Å². The molecule has 0 unspecified atom stereocenters. The minimum Gasteiger partial charge on any atom is -0.354 e. The van der Waals surface area contributed by atoms with Gasteiger partial charge >= 0.3 is 0 Å². The van der Waals surface area contributed by atoms with Crippen molar-refractivity contribution >= 4 is 15.8 Å². The summed E-state index contributed by atoms with van der Waals surface area (Å²) in [6.07, 6.45) is 6.35. The molecule has 1 aliphatic rings. The van der Waals surface area contributed by atoms with E-state index in [1.165, 1.54) is 23.2 Å². The summed E-state index contributed by atoms with van der Waals surface area (Å²) in [6.45, 7) is 3.75. The number of piperazine rings is 1. The standard InChI is InChI=1S/C16H20N8O2S/c1-13-3-4-24(20-13)15-9-14(17-11-18-15)22-5-7-23(8-6-22)27(25,26)16-10-21(2)12-19-16/h3-4,9-12H,5-8H2,1-2H3. The van der Waals surface area contributed by atoms with Crippen molar-refractivity contribution in [2.24, 2.45) is 7.05 Å². The first-order chi connectivity index (χ1) is 12.9. The Morgan fingerprint density at radius 2 is 1.78 bits per heavy atom. The van der Waals surface area contributed by atoms with Crippen LogP contribution in [0.3, 0.4) is 0 Å². The van der Waals surface area contributed by atoms with Gasteiger partial charge in [-0.05, 0) is 13.0 Å². The van der Waals surface area contributed by atoms with Gasteiger partial charge in [0, 0.05) is 51.7 Å². The average molecular weight is 388 g/mol. The van der Waals surface area contributed by atoms with Gasteiger partial charge in [0.15, 0.2) is 10.8 Å². The van der Waals surface area contributed by atoms with Gasteiger partial charge in [-0.2, -0.15) is 9.40 Å². The molecule has 1 fully saturated rings. The fourth-order valence-corrected chi connectivity index (χ4v) is 4.38. The van der Waals surface area contributed by atoms with Gasteiger partial charge in [0.05, 0.1) is 12.0 Å². The summed E-state index contributed by atoms with van der Waals surface area (Å²) < 4.78 is 30.1. The lowest BCUT2D eigenvalue weighted by atomic mass is 10.3. The van der Waals surface area contributed by atoms with E-state index in [9.17, 15) is 8.42 Å². The van der Waals surface area contributed by atoms with Crippen molar-refractivity contribution in [3.63, 3.8) is 0 Å². The third kappa shape index (κ3) is 3.43. The SMILES string of the molecule is Cc1ccn(-c2cc(N3CCN(S(=O)(=O)c4cn(C)cn4)CC3)ncn2)n1. The second-order valence-corrected chi connectivity index (χ2v) is 8.29. The summed E-state index contributed by atoms with van der Waals surface area (Å²) in [4.78, 5) is 14.6. The maximum Gasteiger partial charge on any atom is 0.262 e. The zero-order chi connectivity index (χ0) is 19.0. The first-order valence-corrected chi connectivity index (χ1v) is 9.95. The summed E-state index contributed by atoms with van der Waals surface area (Å²) in [5.41, 5.74) is 0.906. The number of aryl methyl sites for hydroxylation is 2. The quantitative estimate of drug-likeness (QED) is 0.630. The van der Waals surface area contributed by atoms with Crippen LogP contribution in [0.2, 0.25) is 0 Å². The van der Waals surface area contributed by atoms with Crippen LogP contribution in [0.4, 0.5) is 5.82 Å². The Balaban J connectivity index is 1.48. The summed E-state index contributed by atoms with van der Waals surface area (Å²) in [6, 6.07) is 3.76. The van der Waals surface area contributed by atoms with E-state index in [1.807, 2.05) is 30.2 Å². The molecule has 0 saturated carbocycles. The van der Waals surface area contributed by atoms with Crippen LogP contribution in [-0.2, 0) is 17.1 Å². The number of rotatable bonds is 4. The molecule has 1 saturated heterocycles. The molecule has 4 heterocycles. The molecule has 0 amide bonds. The molecule has 11 heteroatoms. The summed E-state index contributed by atoms with van der Waals surface area (Å²) in [5, 5.41) is 4.44. The number of nitrogens with zero attached hydrogens (tertiary/aromatic N) is 8. The van der Waals surface area contributed by atoms with E-state index < -0.39 is 10.0 Å². The van der Waals surface area contributed by atoms with Gasteiger partial charge in [-0.1, -0.05) is 0 Å². The zero-order valence-electron chi connectivity index (χ0n) is 15.1. The van der Waals surface area contributed by atoms with Crippen LogP contribution in [0.15, 0.2) is 42.2 Å². The molecule has 27 heavy (non-hydrogen) atoms. The predicted molar refractivity (Wildman–Crippen MR) is 98.1 cm³/mol.